The van der Waals surface area contributed by atoms with E-state index in [1.165, 1.54) is 30.7 Å². The second-order valence-electron chi connectivity index (χ2n) is 9.75. The van der Waals surface area contributed by atoms with Gasteiger partial charge in [-0.15, -0.1) is 0 Å². The highest BCUT2D eigenvalue weighted by Gasteiger charge is 2.37. The smallest absolute Gasteiger partial charge is 0.492 e. The van der Waals surface area contributed by atoms with Crippen molar-refractivity contribution < 1.29 is 48.3 Å². The summed E-state index contributed by atoms with van der Waals surface area (Å²) >= 11 is 5.37. The van der Waals surface area contributed by atoms with Crippen molar-refractivity contribution in [1.82, 2.24) is 19.9 Å². The van der Waals surface area contributed by atoms with Crippen LogP contribution in [0.4, 0.5) is 0 Å². The molecule has 4 aromatic rings. The summed E-state index contributed by atoms with van der Waals surface area (Å²) in [7, 11) is -2.20. The molecule has 14 nitrogen and oxygen atoms in total. The molecule has 2 aromatic heterocycles. The number of ether oxygens (including phenoxy) is 3. The third-order valence-corrected chi connectivity index (χ3v) is 6.74. The van der Waals surface area contributed by atoms with Gasteiger partial charge in [0, 0.05) is 24.8 Å². The number of hydrogen-bond donors (Lipinski definition) is 3. The molecule has 244 valence electrons. The molecule has 0 radical (unpaired) electrons. The molecular formula is C30H31B2ClN4O10. The number of nitrogens with zero attached hydrogens (tertiary/aromatic N) is 4. The Labute approximate surface area is 275 Å². The fraction of sp³-hybridized carbons (Fsp3) is 0.267. The molecule has 0 saturated heterocycles. The molecule has 2 atom stereocenters. The Morgan fingerprint density at radius 1 is 0.809 bits per heavy atom. The number of hydrogen-bond acceptors (Lipinski definition) is 14. The Morgan fingerprint density at radius 2 is 1.36 bits per heavy atom. The molecule has 3 N–H and O–H groups in total. The highest BCUT2D eigenvalue weighted by molar-refractivity contribution is 6.62. The maximum atomic E-state index is 11.6. The van der Waals surface area contributed by atoms with Crippen LogP contribution < -0.4 is 15.7 Å². The van der Waals surface area contributed by atoms with Crippen molar-refractivity contribution in [3.8, 4) is 17.4 Å². The first-order valence-corrected chi connectivity index (χ1v) is 14.9. The topological polar surface area (TPSA) is 193 Å². The van der Waals surface area contributed by atoms with E-state index in [2.05, 4.69) is 19.9 Å². The Bertz CT molecular complexity index is 1630. The maximum Gasteiger partial charge on any atom is 0.492 e. The minimum Gasteiger partial charge on any atom is -0.508 e. The number of phenolic OH excluding ortho intramolecular Hbond substituents is 1. The average Bonchev–Trinajstić information content (AvgIpc) is 3.52. The zero-order chi connectivity index (χ0) is 33.8. The number of aromatic hydroxyl groups is 1. The lowest BCUT2D eigenvalue weighted by Crippen LogP contribution is -2.28. The Morgan fingerprint density at radius 3 is 1.85 bits per heavy atom. The van der Waals surface area contributed by atoms with Crippen molar-refractivity contribution in [1.29, 1.82) is 0 Å². The van der Waals surface area contributed by atoms with Crippen LogP contribution in [0.5, 0.6) is 17.4 Å². The van der Waals surface area contributed by atoms with E-state index in [0.717, 1.165) is 5.56 Å². The fourth-order valence-electron chi connectivity index (χ4n) is 4.60. The lowest BCUT2D eigenvalue weighted by Gasteiger charge is -2.11. The van der Waals surface area contributed by atoms with Crippen LogP contribution in [0, 0.1) is 0 Å². The second kappa shape index (κ2) is 17.4. The maximum absolute atomic E-state index is 11.6. The molecule has 2 aromatic carbocycles. The summed E-state index contributed by atoms with van der Waals surface area (Å²) in [5, 5.41) is 29.4. The molecule has 0 amide bonds. The van der Waals surface area contributed by atoms with E-state index in [0.29, 0.717) is 46.5 Å². The monoisotopic (exact) mass is 664 g/mol. The zero-order valence-corrected chi connectivity index (χ0v) is 26.2. The van der Waals surface area contributed by atoms with E-state index in [1.807, 2.05) is 0 Å². The predicted octanol–water partition coefficient (Wildman–Crippen LogP) is 2.22. The largest absolute Gasteiger partial charge is 0.508 e. The van der Waals surface area contributed by atoms with Crippen molar-refractivity contribution in [2.75, 3.05) is 13.2 Å². The van der Waals surface area contributed by atoms with Gasteiger partial charge in [0.25, 0.3) is 0 Å². The predicted molar refractivity (Wildman–Crippen MR) is 169 cm³/mol. The Hall–Kier alpha value is -4.60. The normalized spacial score (nSPS) is 15.7. The summed E-state index contributed by atoms with van der Waals surface area (Å²) in [5.41, 5.74) is 2.53. The van der Waals surface area contributed by atoms with Crippen LogP contribution >= 0.6 is 11.6 Å². The van der Waals surface area contributed by atoms with E-state index in [1.54, 1.807) is 56.7 Å². The average molecular weight is 665 g/mol. The Kier molecular flexibility index (Phi) is 13.0. The van der Waals surface area contributed by atoms with Crippen molar-refractivity contribution in [3.05, 3.63) is 89.9 Å². The molecule has 0 saturated carbocycles. The number of esters is 2. The summed E-state index contributed by atoms with van der Waals surface area (Å²) in [6, 6.07) is 9.74. The molecule has 0 fully saturated rings. The van der Waals surface area contributed by atoms with Crippen LogP contribution in [0.25, 0.3) is 0 Å². The summed E-state index contributed by atoms with van der Waals surface area (Å²) in [5.74, 6) is 0.179. The van der Waals surface area contributed by atoms with Gasteiger partial charge in [0.1, 0.15) is 16.7 Å². The summed E-state index contributed by atoms with van der Waals surface area (Å²) < 4.78 is 26.0. The third-order valence-electron chi connectivity index (χ3n) is 6.55. The molecule has 4 heterocycles. The van der Waals surface area contributed by atoms with Gasteiger partial charge in [-0.2, -0.15) is 0 Å². The van der Waals surface area contributed by atoms with Gasteiger partial charge < -0.3 is 38.7 Å². The van der Waals surface area contributed by atoms with E-state index < -0.39 is 26.4 Å². The quantitative estimate of drug-likeness (QED) is 0.183. The lowest BCUT2D eigenvalue weighted by atomic mass is 9.79. The number of benzene rings is 2. The van der Waals surface area contributed by atoms with Crippen molar-refractivity contribution in [2.45, 2.75) is 38.9 Å². The number of fused-ring (bicyclic) bond motifs is 2. The van der Waals surface area contributed by atoms with Crippen LogP contribution in [0.1, 0.15) is 50.0 Å². The molecule has 17 heteroatoms. The first-order chi connectivity index (χ1) is 22.7. The van der Waals surface area contributed by atoms with Gasteiger partial charge in [-0.1, -0.05) is 23.7 Å². The second-order valence-corrected chi connectivity index (χ2v) is 10.1. The number of carbonyl (C=O) groups excluding carboxylic acids is 2. The summed E-state index contributed by atoms with van der Waals surface area (Å²) in [6.07, 6.45) is 8.25. The standard InChI is InChI=1S/C15H15BN2O5.C11H13BO5.C4H3ClN2/c1-2-21-15(19)8-13-11-4-3-10(7-12(11)16(20)23-13)22-14-9-17-5-6-18-14;1-2-16-11(14)6-10-8-4-3-7(13)5-9(8)12(15)17-10;5-4-3-6-1-2-7-4/h3-7,9,13,20H,2,8H2,1H3;3-5,10,13,15H,2,6H2,1H3;1-3H. The highest BCUT2D eigenvalue weighted by Crippen LogP contribution is 2.30. The van der Waals surface area contributed by atoms with Crippen molar-refractivity contribution in [3.63, 3.8) is 0 Å². The van der Waals surface area contributed by atoms with Crippen LogP contribution in [0.2, 0.25) is 5.15 Å². The molecule has 2 aliphatic rings. The lowest BCUT2D eigenvalue weighted by molar-refractivity contribution is -0.146. The van der Waals surface area contributed by atoms with Crippen molar-refractivity contribution in [2.24, 2.45) is 0 Å². The minimum absolute atomic E-state index is 0.0578. The van der Waals surface area contributed by atoms with Crippen molar-refractivity contribution >= 4 is 48.7 Å². The molecule has 47 heavy (non-hydrogen) atoms. The number of rotatable bonds is 8. The van der Waals surface area contributed by atoms with Gasteiger partial charge in [0.2, 0.25) is 5.88 Å². The minimum atomic E-state index is -1.10. The molecule has 0 spiro atoms. The van der Waals surface area contributed by atoms with Crippen LogP contribution in [-0.4, -0.2) is 74.5 Å². The van der Waals surface area contributed by atoms with Gasteiger partial charge >= 0.3 is 26.2 Å². The summed E-state index contributed by atoms with van der Waals surface area (Å²) in [6.45, 7) is 4.10. The van der Waals surface area contributed by atoms with E-state index in [4.69, 9.17) is 35.1 Å². The molecule has 0 bridgehead atoms. The van der Waals surface area contributed by atoms with Crippen LogP contribution in [0.3, 0.4) is 0 Å². The van der Waals surface area contributed by atoms with E-state index >= 15 is 0 Å². The van der Waals surface area contributed by atoms with Gasteiger partial charge in [-0.25, -0.2) is 9.97 Å². The number of halogens is 1. The molecule has 0 aliphatic carbocycles. The summed E-state index contributed by atoms with van der Waals surface area (Å²) in [4.78, 5) is 38.3. The van der Waals surface area contributed by atoms with Crippen LogP contribution in [0.15, 0.2) is 73.6 Å². The van der Waals surface area contributed by atoms with Gasteiger partial charge in [-0.3, -0.25) is 19.6 Å². The van der Waals surface area contributed by atoms with E-state index in [-0.39, 0.29) is 30.5 Å². The number of aromatic nitrogens is 4. The zero-order valence-electron chi connectivity index (χ0n) is 25.4. The molecule has 2 aliphatic heterocycles. The van der Waals surface area contributed by atoms with Crippen LogP contribution in [-0.2, 0) is 28.4 Å². The Balaban J connectivity index is 0.000000182. The first kappa shape index (κ1) is 35.3. The number of phenols is 1. The van der Waals surface area contributed by atoms with E-state index in [9.17, 15) is 24.7 Å². The fourth-order valence-corrected chi connectivity index (χ4v) is 4.71. The number of carbonyl (C=O) groups is 2. The molecule has 6 rings (SSSR count). The molecule has 2 unspecified atom stereocenters. The highest BCUT2D eigenvalue weighted by atomic mass is 35.5. The van der Waals surface area contributed by atoms with Gasteiger partial charge in [-0.05, 0) is 60.2 Å². The SMILES string of the molecule is CCOC(=O)CC1OB(O)c2cc(O)ccc21.CCOC(=O)CC1OB(O)c2cc(Oc3cnccn3)ccc21.Clc1cnccn1. The first-order valence-electron chi connectivity index (χ1n) is 14.5. The van der Waals surface area contributed by atoms with Gasteiger partial charge in [0.15, 0.2) is 0 Å². The van der Waals surface area contributed by atoms with Gasteiger partial charge in [0.05, 0.1) is 50.7 Å². The molecular weight excluding hydrogens is 633 g/mol. The third kappa shape index (κ3) is 10.2.